The molecule has 0 bridgehead atoms. The molecule has 0 aliphatic heterocycles. The molecule has 0 unspecified atom stereocenters. The van der Waals surface area contributed by atoms with Crippen molar-refractivity contribution in [3.63, 3.8) is 0 Å². The summed E-state index contributed by atoms with van der Waals surface area (Å²) in [6.45, 7) is 1.65. The predicted octanol–water partition coefficient (Wildman–Crippen LogP) is 4.36. The largest absolute Gasteiger partial charge is 0.352 e. The molecule has 7 nitrogen and oxygen atoms in total. The minimum atomic E-state index is -3.77. The van der Waals surface area contributed by atoms with Gasteiger partial charge in [0.1, 0.15) is 12.6 Å². The summed E-state index contributed by atoms with van der Waals surface area (Å²) in [6, 6.07) is 15.1. The van der Waals surface area contributed by atoms with Gasteiger partial charge >= 0.3 is 0 Å². The number of hydrogen-bond donors (Lipinski definition) is 1. The molecule has 0 aromatic heterocycles. The van der Waals surface area contributed by atoms with Crippen LogP contribution in [0.3, 0.4) is 0 Å². The van der Waals surface area contributed by atoms with Gasteiger partial charge in [-0.2, -0.15) is 0 Å². The van der Waals surface area contributed by atoms with E-state index in [0.29, 0.717) is 17.1 Å². The molecule has 0 radical (unpaired) electrons. The smallest absolute Gasteiger partial charge is 0.244 e. The number of benzene rings is 2. The Bertz CT molecular complexity index is 1090. The molecule has 1 saturated carbocycles. The Morgan fingerprint density at radius 1 is 1.03 bits per heavy atom. The van der Waals surface area contributed by atoms with E-state index in [1.807, 2.05) is 37.3 Å². The van der Waals surface area contributed by atoms with Gasteiger partial charge in [0.15, 0.2) is 0 Å². The molecule has 1 fully saturated rings. The first kappa shape index (κ1) is 27.0. The Kier molecular flexibility index (Phi) is 9.57. The Labute approximate surface area is 213 Å². The maximum Gasteiger partial charge on any atom is 0.244 e. The topological polar surface area (TPSA) is 86.8 Å². The number of sulfonamides is 1. The molecular formula is C26H34ClN3O4S. The maximum absolute atomic E-state index is 13.7. The summed E-state index contributed by atoms with van der Waals surface area (Å²) in [4.78, 5) is 28.5. The van der Waals surface area contributed by atoms with E-state index in [1.54, 1.807) is 24.3 Å². The molecule has 35 heavy (non-hydrogen) atoms. The molecule has 0 saturated heterocycles. The first-order chi connectivity index (χ1) is 16.7. The Balaban J connectivity index is 1.88. The van der Waals surface area contributed by atoms with Crippen molar-refractivity contribution in [3.8, 4) is 0 Å². The molecule has 1 N–H and O–H groups in total. The fourth-order valence-corrected chi connectivity index (χ4v) is 5.44. The number of rotatable bonds is 10. The van der Waals surface area contributed by atoms with Crippen LogP contribution in [0.4, 0.5) is 5.69 Å². The highest BCUT2D eigenvalue weighted by molar-refractivity contribution is 7.92. The standard InChI is InChI=1S/C26H34ClN3O4S/c1-3-24(26(32)28-22-12-8-5-9-13-22)29(18-20-10-6-4-7-11-20)25(31)19-30(35(2,33)34)23-16-14-21(27)15-17-23/h4,6-7,10-11,14-17,22,24H,3,5,8-9,12-13,18-19H2,1-2H3,(H,28,32)/t24-/m1/s1. The van der Waals surface area contributed by atoms with Gasteiger partial charge in [-0.3, -0.25) is 13.9 Å². The number of halogens is 1. The van der Waals surface area contributed by atoms with Crippen molar-refractivity contribution in [2.24, 2.45) is 0 Å². The maximum atomic E-state index is 13.7. The number of carbonyl (C=O) groups is 2. The average molecular weight is 520 g/mol. The minimum absolute atomic E-state index is 0.112. The van der Waals surface area contributed by atoms with Gasteiger partial charge in [0.05, 0.1) is 11.9 Å². The summed E-state index contributed by atoms with van der Waals surface area (Å²) >= 11 is 5.96. The zero-order chi connectivity index (χ0) is 25.4. The molecule has 1 aliphatic carbocycles. The van der Waals surface area contributed by atoms with Crippen molar-refractivity contribution < 1.29 is 18.0 Å². The fraction of sp³-hybridized carbons (Fsp3) is 0.462. The summed E-state index contributed by atoms with van der Waals surface area (Å²) < 4.78 is 26.3. The molecule has 1 aliphatic rings. The van der Waals surface area contributed by atoms with Crippen LogP contribution < -0.4 is 9.62 Å². The molecule has 1 atom stereocenters. The van der Waals surface area contributed by atoms with Crippen molar-refractivity contribution in [3.05, 3.63) is 65.2 Å². The van der Waals surface area contributed by atoms with Crippen LogP contribution in [-0.4, -0.2) is 50.0 Å². The van der Waals surface area contributed by atoms with Crippen molar-refractivity contribution in [2.45, 2.75) is 64.1 Å². The highest BCUT2D eigenvalue weighted by Gasteiger charge is 2.32. The van der Waals surface area contributed by atoms with Crippen LogP contribution >= 0.6 is 11.6 Å². The van der Waals surface area contributed by atoms with Gasteiger partial charge in [-0.25, -0.2) is 8.42 Å². The quantitative estimate of drug-likeness (QED) is 0.505. The van der Waals surface area contributed by atoms with Crippen LogP contribution in [0.15, 0.2) is 54.6 Å². The minimum Gasteiger partial charge on any atom is -0.352 e. The van der Waals surface area contributed by atoms with Crippen LogP contribution in [0.1, 0.15) is 51.0 Å². The van der Waals surface area contributed by atoms with Crippen molar-refractivity contribution in [1.82, 2.24) is 10.2 Å². The zero-order valence-corrected chi connectivity index (χ0v) is 21.9. The lowest BCUT2D eigenvalue weighted by Crippen LogP contribution is -2.53. The lowest BCUT2D eigenvalue weighted by atomic mass is 9.95. The molecule has 2 amide bonds. The van der Waals surface area contributed by atoms with Crippen LogP contribution in [0.5, 0.6) is 0 Å². The molecule has 2 aromatic rings. The van der Waals surface area contributed by atoms with E-state index in [9.17, 15) is 18.0 Å². The SMILES string of the molecule is CC[C@H](C(=O)NC1CCCCC1)N(Cc1ccccc1)C(=O)CN(c1ccc(Cl)cc1)S(C)(=O)=O. The van der Waals surface area contributed by atoms with Gasteiger partial charge in [-0.1, -0.05) is 68.1 Å². The van der Waals surface area contributed by atoms with Crippen LogP contribution in [0, 0.1) is 0 Å². The van der Waals surface area contributed by atoms with Gasteiger partial charge in [-0.05, 0) is 49.1 Å². The molecule has 190 valence electrons. The number of carbonyl (C=O) groups excluding carboxylic acids is 2. The highest BCUT2D eigenvalue weighted by Crippen LogP contribution is 2.22. The van der Waals surface area contributed by atoms with E-state index in [1.165, 1.54) is 11.3 Å². The van der Waals surface area contributed by atoms with Crippen molar-refractivity contribution >= 4 is 39.1 Å². The molecular weight excluding hydrogens is 486 g/mol. The van der Waals surface area contributed by atoms with Gasteiger partial charge in [0.2, 0.25) is 21.8 Å². The van der Waals surface area contributed by atoms with Gasteiger partial charge in [0, 0.05) is 17.6 Å². The zero-order valence-electron chi connectivity index (χ0n) is 20.3. The number of nitrogens with one attached hydrogen (secondary N) is 1. The van der Waals surface area contributed by atoms with Gasteiger partial charge < -0.3 is 10.2 Å². The van der Waals surface area contributed by atoms with Crippen LogP contribution in [0.2, 0.25) is 5.02 Å². The van der Waals surface area contributed by atoms with E-state index < -0.39 is 28.5 Å². The number of amides is 2. The number of nitrogens with zero attached hydrogens (tertiary/aromatic N) is 2. The van der Waals surface area contributed by atoms with Crippen LogP contribution in [-0.2, 0) is 26.2 Å². The molecule has 0 spiro atoms. The van der Waals surface area contributed by atoms with Gasteiger partial charge in [-0.15, -0.1) is 0 Å². The monoisotopic (exact) mass is 519 g/mol. The lowest BCUT2D eigenvalue weighted by Gasteiger charge is -2.34. The molecule has 2 aromatic carbocycles. The van der Waals surface area contributed by atoms with Gasteiger partial charge in [0.25, 0.3) is 0 Å². The first-order valence-electron chi connectivity index (χ1n) is 12.1. The third-order valence-corrected chi connectivity index (χ3v) is 7.72. The number of hydrogen-bond acceptors (Lipinski definition) is 4. The second-order valence-electron chi connectivity index (χ2n) is 9.02. The summed E-state index contributed by atoms with van der Waals surface area (Å²) in [6.07, 6.45) is 6.69. The summed E-state index contributed by atoms with van der Waals surface area (Å²) in [5.41, 5.74) is 1.20. The third-order valence-electron chi connectivity index (χ3n) is 6.33. The normalized spacial score (nSPS) is 15.3. The van der Waals surface area contributed by atoms with Crippen LogP contribution in [0.25, 0.3) is 0 Å². The second-order valence-corrected chi connectivity index (χ2v) is 11.4. The van der Waals surface area contributed by atoms with E-state index in [2.05, 4.69) is 5.32 Å². The fourth-order valence-electron chi connectivity index (χ4n) is 4.46. The Morgan fingerprint density at radius 3 is 2.23 bits per heavy atom. The van der Waals surface area contributed by atoms with E-state index in [4.69, 9.17) is 11.6 Å². The molecule has 0 heterocycles. The van der Waals surface area contributed by atoms with Crippen molar-refractivity contribution in [1.29, 1.82) is 0 Å². The lowest BCUT2D eigenvalue weighted by molar-refractivity contribution is -0.140. The highest BCUT2D eigenvalue weighted by atomic mass is 35.5. The van der Waals surface area contributed by atoms with E-state index in [-0.39, 0.29) is 18.5 Å². The number of anilines is 1. The first-order valence-corrected chi connectivity index (χ1v) is 14.3. The average Bonchev–Trinajstić information content (AvgIpc) is 2.83. The molecule has 3 rings (SSSR count). The van der Waals surface area contributed by atoms with Crippen molar-refractivity contribution in [2.75, 3.05) is 17.1 Å². The summed E-state index contributed by atoms with van der Waals surface area (Å²) in [7, 11) is -3.77. The summed E-state index contributed by atoms with van der Waals surface area (Å²) in [5.74, 6) is -0.638. The Hall–Kier alpha value is -2.58. The second kappa shape index (κ2) is 12.4. The summed E-state index contributed by atoms with van der Waals surface area (Å²) in [5, 5.41) is 3.60. The predicted molar refractivity (Wildman–Crippen MR) is 140 cm³/mol. The van der Waals surface area contributed by atoms with E-state index >= 15 is 0 Å². The third kappa shape index (κ3) is 7.70. The molecule has 9 heteroatoms. The van der Waals surface area contributed by atoms with E-state index in [0.717, 1.165) is 41.8 Å². The Morgan fingerprint density at radius 2 is 1.66 bits per heavy atom.